The molecule has 1 aromatic carbocycles. The van der Waals surface area contributed by atoms with Crippen molar-refractivity contribution in [3.63, 3.8) is 0 Å². The third-order valence-corrected chi connectivity index (χ3v) is 4.25. The summed E-state index contributed by atoms with van der Waals surface area (Å²) in [5, 5.41) is 2.05. The normalized spacial score (nSPS) is 10.4. The van der Waals surface area contributed by atoms with Gasteiger partial charge in [0.2, 0.25) is 5.91 Å². The number of benzene rings is 1. The van der Waals surface area contributed by atoms with E-state index in [1.54, 1.807) is 40.5 Å². The molecule has 0 aliphatic carbocycles. The maximum absolute atomic E-state index is 12.1. The molecule has 0 atom stereocenters. The second-order valence-corrected chi connectivity index (χ2v) is 5.94. The van der Waals surface area contributed by atoms with Crippen molar-refractivity contribution in [3.05, 3.63) is 46.2 Å². The number of anilines is 1. The fourth-order valence-electron chi connectivity index (χ4n) is 1.88. The molecule has 0 aliphatic heterocycles. The van der Waals surface area contributed by atoms with Gasteiger partial charge in [0.1, 0.15) is 5.75 Å². The zero-order valence-corrected chi connectivity index (χ0v) is 13.2. The molecule has 0 aliphatic rings. The number of carbonyl (C=O) groups is 1. The Balaban J connectivity index is 1.76. The zero-order chi connectivity index (χ0) is 15.2. The van der Waals surface area contributed by atoms with Crippen LogP contribution in [0, 0.1) is 6.92 Å². The lowest BCUT2D eigenvalue weighted by Crippen LogP contribution is -2.27. The van der Waals surface area contributed by atoms with Crippen molar-refractivity contribution in [2.45, 2.75) is 19.9 Å². The Bertz CT molecular complexity index is 593. The van der Waals surface area contributed by atoms with Crippen LogP contribution in [0.5, 0.6) is 5.75 Å². The van der Waals surface area contributed by atoms with E-state index in [-0.39, 0.29) is 5.91 Å². The first-order valence-electron chi connectivity index (χ1n) is 6.81. The lowest BCUT2D eigenvalue weighted by atomic mass is 10.2. The van der Waals surface area contributed by atoms with E-state index in [1.807, 2.05) is 12.4 Å². The Kier molecular flexibility index (Phi) is 5.22. The summed E-state index contributed by atoms with van der Waals surface area (Å²) in [6.07, 6.45) is 0.366. The number of aryl methyl sites for hydroxylation is 1. The predicted molar refractivity (Wildman–Crippen MR) is 86.5 cm³/mol. The molecular weight excluding hydrogens is 284 g/mol. The molecule has 112 valence electrons. The molecule has 5 heteroatoms. The van der Waals surface area contributed by atoms with Crippen LogP contribution in [0.2, 0.25) is 0 Å². The molecule has 1 heterocycles. The summed E-state index contributed by atoms with van der Waals surface area (Å²) >= 11 is 1.68. The van der Waals surface area contributed by atoms with E-state index in [0.717, 1.165) is 5.75 Å². The minimum Gasteiger partial charge on any atom is -0.493 e. The number of hydrogen-bond donors (Lipinski definition) is 1. The number of nitrogens with zero attached hydrogens (tertiary/aromatic N) is 1. The third kappa shape index (κ3) is 4.49. The van der Waals surface area contributed by atoms with E-state index in [1.165, 1.54) is 10.4 Å². The van der Waals surface area contributed by atoms with Gasteiger partial charge in [0.25, 0.3) is 0 Å². The van der Waals surface area contributed by atoms with Crippen LogP contribution in [0.25, 0.3) is 0 Å². The molecule has 1 aromatic heterocycles. The Labute approximate surface area is 129 Å². The van der Waals surface area contributed by atoms with Crippen LogP contribution in [0.3, 0.4) is 0 Å². The molecule has 2 aromatic rings. The highest BCUT2D eigenvalue weighted by Crippen LogP contribution is 2.18. The second kappa shape index (κ2) is 7.13. The summed E-state index contributed by atoms with van der Waals surface area (Å²) in [5.41, 5.74) is 7.54. The molecule has 0 saturated carbocycles. The summed E-state index contributed by atoms with van der Waals surface area (Å²) in [6.45, 7) is 3.09. The van der Waals surface area contributed by atoms with Gasteiger partial charge in [0, 0.05) is 17.6 Å². The SMILES string of the molecule is Cc1ccsc1CN(C)C(=O)CCOc1ccc(N)cc1. The summed E-state index contributed by atoms with van der Waals surface area (Å²) < 4.78 is 5.54. The van der Waals surface area contributed by atoms with Crippen LogP contribution in [0.1, 0.15) is 16.9 Å². The quantitative estimate of drug-likeness (QED) is 0.834. The molecule has 0 radical (unpaired) electrons. The molecule has 2 N–H and O–H groups in total. The zero-order valence-electron chi connectivity index (χ0n) is 12.3. The summed E-state index contributed by atoms with van der Waals surface area (Å²) in [6, 6.07) is 9.24. The summed E-state index contributed by atoms with van der Waals surface area (Å²) in [7, 11) is 1.82. The molecule has 0 saturated heterocycles. The van der Waals surface area contributed by atoms with Crippen LogP contribution in [-0.4, -0.2) is 24.5 Å². The van der Waals surface area contributed by atoms with Crippen molar-refractivity contribution in [1.82, 2.24) is 4.90 Å². The van der Waals surface area contributed by atoms with Crippen molar-refractivity contribution >= 4 is 22.9 Å². The van der Waals surface area contributed by atoms with Gasteiger partial charge in [-0.15, -0.1) is 11.3 Å². The number of ether oxygens (including phenoxy) is 1. The van der Waals surface area contributed by atoms with Crippen molar-refractivity contribution < 1.29 is 9.53 Å². The number of carbonyl (C=O) groups excluding carboxylic acids is 1. The predicted octanol–water partition coefficient (Wildman–Crippen LogP) is 3.07. The van der Waals surface area contributed by atoms with E-state index < -0.39 is 0 Å². The van der Waals surface area contributed by atoms with E-state index in [0.29, 0.717) is 25.3 Å². The standard InChI is InChI=1S/C16H20N2O2S/c1-12-8-10-21-15(12)11-18(2)16(19)7-9-20-14-5-3-13(17)4-6-14/h3-6,8,10H,7,9,11,17H2,1-2H3. The van der Waals surface area contributed by atoms with Gasteiger partial charge < -0.3 is 15.4 Å². The molecule has 0 unspecified atom stereocenters. The van der Waals surface area contributed by atoms with Gasteiger partial charge in [-0.3, -0.25) is 4.79 Å². The Hall–Kier alpha value is -2.01. The number of nitrogen functional groups attached to an aromatic ring is 1. The Morgan fingerprint density at radius 3 is 2.62 bits per heavy atom. The van der Waals surface area contributed by atoms with Gasteiger partial charge in [0.15, 0.2) is 0 Å². The van der Waals surface area contributed by atoms with Gasteiger partial charge >= 0.3 is 0 Å². The first kappa shape index (κ1) is 15.4. The smallest absolute Gasteiger partial charge is 0.226 e. The minimum absolute atomic E-state index is 0.0817. The van der Waals surface area contributed by atoms with Crippen molar-refractivity contribution in [1.29, 1.82) is 0 Å². The fraction of sp³-hybridized carbons (Fsp3) is 0.312. The van der Waals surface area contributed by atoms with Crippen LogP contribution < -0.4 is 10.5 Å². The average molecular weight is 304 g/mol. The highest BCUT2D eigenvalue weighted by atomic mass is 32.1. The monoisotopic (exact) mass is 304 g/mol. The molecule has 0 spiro atoms. The fourth-order valence-corrected chi connectivity index (χ4v) is 2.84. The van der Waals surface area contributed by atoms with E-state index >= 15 is 0 Å². The molecule has 2 rings (SSSR count). The maximum atomic E-state index is 12.1. The molecule has 0 bridgehead atoms. The van der Waals surface area contributed by atoms with Crippen LogP contribution in [-0.2, 0) is 11.3 Å². The van der Waals surface area contributed by atoms with E-state index in [4.69, 9.17) is 10.5 Å². The number of rotatable bonds is 6. The largest absolute Gasteiger partial charge is 0.493 e. The summed E-state index contributed by atoms with van der Waals surface area (Å²) in [5.74, 6) is 0.812. The third-order valence-electron chi connectivity index (χ3n) is 3.24. The van der Waals surface area contributed by atoms with Crippen LogP contribution in [0.15, 0.2) is 35.7 Å². The number of amides is 1. The molecule has 1 amide bonds. The molecular formula is C16H20N2O2S. The highest BCUT2D eigenvalue weighted by molar-refractivity contribution is 7.10. The van der Waals surface area contributed by atoms with Gasteiger partial charge in [0.05, 0.1) is 19.6 Å². The number of nitrogens with two attached hydrogens (primary N) is 1. The molecule has 21 heavy (non-hydrogen) atoms. The topological polar surface area (TPSA) is 55.6 Å². The van der Waals surface area contributed by atoms with Crippen molar-refractivity contribution in [2.75, 3.05) is 19.4 Å². The first-order chi connectivity index (χ1) is 10.1. The Morgan fingerprint density at radius 2 is 2.00 bits per heavy atom. The van der Waals surface area contributed by atoms with E-state index in [9.17, 15) is 4.79 Å². The van der Waals surface area contributed by atoms with Crippen LogP contribution in [0.4, 0.5) is 5.69 Å². The second-order valence-electron chi connectivity index (χ2n) is 4.94. The molecule has 0 fully saturated rings. The van der Waals surface area contributed by atoms with Crippen LogP contribution >= 0.6 is 11.3 Å². The van der Waals surface area contributed by atoms with Gasteiger partial charge in [-0.25, -0.2) is 0 Å². The van der Waals surface area contributed by atoms with Crippen molar-refractivity contribution in [3.8, 4) is 5.75 Å². The summed E-state index contributed by atoms with van der Waals surface area (Å²) in [4.78, 5) is 15.0. The lowest BCUT2D eigenvalue weighted by molar-refractivity contribution is -0.130. The lowest BCUT2D eigenvalue weighted by Gasteiger charge is -2.17. The van der Waals surface area contributed by atoms with Gasteiger partial charge in [-0.2, -0.15) is 0 Å². The van der Waals surface area contributed by atoms with E-state index in [2.05, 4.69) is 13.0 Å². The average Bonchev–Trinajstić information content (AvgIpc) is 2.86. The van der Waals surface area contributed by atoms with Gasteiger partial charge in [-0.05, 0) is 48.2 Å². The van der Waals surface area contributed by atoms with Gasteiger partial charge in [-0.1, -0.05) is 0 Å². The first-order valence-corrected chi connectivity index (χ1v) is 7.69. The van der Waals surface area contributed by atoms with Crippen molar-refractivity contribution in [2.24, 2.45) is 0 Å². The highest BCUT2D eigenvalue weighted by Gasteiger charge is 2.11. The number of thiophene rings is 1. The Morgan fingerprint density at radius 1 is 1.29 bits per heavy atom. The molecule has 4 nitrogen and oxygen atoms in total. The maximum Gasteiger partial charge on any atom is 0.226 e. The minimum atomic E-state index is 0.0817. The number of hydrogen-bond acceptors (Lipinski definition) is 4.